The summed E-state index contributed by atoms with van der Waals surface area (Å²) in [4.78, 5) is 5.07. The van der Waals surface area contributed by atoms with Gasteiger partial charge in [0.1, 0.15) is 0 Å². The van der Waals surface area contributed by atoms with Crippen molar-refractivity contribution in [2.45, 2.75) is 57.2 Å². The Morgan fingerprint density at radius 3 is 2.28 bits per heavy atom. The predicted molar refractivity (Wildman–Crippen MR) is 169 cm³/mol. The van der Waals surface area contributed by atoms with Gasteiger partial charge in [-0.05, 0) is 110 Å². The van der Waals surface area contributed by atoms with Crippen LogP contribution in [0.15, 0.2) is 90.1 Å². The van der Waals surface area contributed by atoms with Gasteiger partial charge in [0.15, 0.2) is 0 Å². The van der Waals surface area contributed by atoms with E-state index < -0.39 is 0 Å². The van der Waals surface area contributed by atoms with Crippen LogP contribution in [-0.2, 0) is 0 Å². The van der Waals surface area contributed by atoms with Gasteiger partial charge < -0.3 is 14.7 Å². The van der Waals surface area contributed by atoms with Gasteiger partial charge in [0.05, 0.1) is 0 Å². The van der Waals surface area contributed by atoms with E-state index in [0.29, 0.717) is 6.04 Å². The maximum Gasteiger partial charge on any atom is 0.0440 e. The molecule has 0 bridgehead atoms. The molecule has 0 radical (unpaired) electrons. The average Bonchev–Trinajstić information content (AvgIpc) is 3.83. The number of rotatable bonds is 11. The first-order valence-electron chi connectivity index (χ1n) is 14.6. The predicted octanol–water partition coefficient (Wildman–Crippen LogP) is 7.46. The van der Waals surface area contributed by atoms with Gasteiger partial charge in [-0.15, -0.1) is 0 Å². The molecule has 0 atom stereocenters. The topological polar surface area (TPSA) is 38.7 Å². The van der Waals surface area contributed by atoms with Gasteiger partial charge in [-0.2, -0.15) is 0 Å². The molecule has 0 unspecified atom stereocenters. The number of aliphatic hydroxyl groups excluding tert-OH is 1. The zero-order chi connectivity index (χ0) is 27.0. The first-order chi connectivity index (χ1) is 19.1. The Morgan fingerprint density at radius 1 is 0.949 bits per heavy atom. The molecular weight excluding hydrogens is 498 g/mol. The summed E-state index contributed by atoms with van der Waals surface area (Å²) < 4.78 is 3.53. The van der Waals surface area contributed by atoms with Gasteiger partial charge in [-0.25, -0.2) is 0 Å². The molecule has 39 heavy (non-hydrogen) atoms. The van der Waals surface area contributed by atoms with Crippen LogP contribution in [0.25, 0.3) is 5.57 Å². The summed E-state index contributed by atoms with van der Waals surface area (Å²) in [6.45, 7) is 9.13. The van der Waals surface area contributed by atoms with Gasteiger partial charge in [-0.1, -0.05) is 54.6 Å². The number of hydrogen-bond acceptors (Lipinski definition) is 5. The summed E-state index contributed by atoms with van der Waals surface area (Å²) >= 11 is 1.84. The molecule has 1 aliphatic heterocycles. The molecule has 2 aromatic rings. The Balaban J connectivity index is 1.48. The van der Waals surface area contributed by atoms with Gasteiger partial charge in [0, 0.05) is 55.5 Å². The Kier molecular flexibility index (Phi) is 9.67. The van der Waals surface area contributed by atoms with E-state index in [1.54, 1.807) is 0 Å². The molecular formula is C34H43N3OS. The van der Waals surface area contributed by atoms with Crippen molar-refractivity contribution in [1.29, 1.82) is 0 Å². The summed E-state index contributed by atoms with van der Waals surface area (Å²) in [6.07, 6.45) is 16.1. The fourth-order valence-corrected chi connectivity index (χ4v) is 6.18. The number of piperazine rings is 1. The smallest absolute Gasteiger partial charge is 0.0440 e. The molecule has 5 rings (SSSR count). The van der Waals surface area contributed by atoms with Crippen molar-refractivity contribution in [1.82, 2.24) is 4.90 Å². The van der Waals surface area contributed by atoms with Crippen molar-refractivity contribution in [2.24, 2.45) is 0 Å². The van der Waals surface area contributed by atoms with E-state index in [4.69, 9.17) is 0 Å². The highest BCUT2D eigenvalue weighted by molar-refractivity contribution is 8.01. The Morgan fingerprint density at radius 2 is 1.64 bits per heavy atom. The lowest BCUT2D eigenvalue weighted by atomic mass is 9.86. The van der Waals surface area contributed by atoms with Crippen molar-refractivity contribution < 1.29 is 5.11 Å². The molecule has 5 heteroatoms. The molecule has 3 aliphatic rings. The highest BCUT2D eigenvalue weighted by Crippen LogP contribution is 2.37. The van der Waals surface area contributed by atoms with Crippen molar-refractivity contribution >= 4 is 28.9 Å². The van der Waals surface area contributed by atoms with Crippen LogP contribution in [0.2, 0.25) is 0 Å². The minimum absolute atomic E-state index is 0.189. The molecule has 0 spiro atoms. The monoisotopic (exact) mass is 541 g/mol. The second-order valence-electron chi connectivity index (χ2n) is 11.0. The van der Waals surface area contributed by atoms with Gasteiger partial charge >= 0.3 is 0 Å². The number of aliphatic hydroxyl groups is 1. The summed E-state index contributed by atoms with van der Waals surface area (Å²) in [5, 5.41) is 10.5. The summed E-state index contributed by atoms with van der Waals surface area (Å²) in [6, 6.07) is 18.7. The van der Waals surface area contributed by atoms with Crippen molar-refractivity contribution in [3.8, 4) is 0 Å². The minimum Gasteiger partial charge on any atom is -0.396 e. The zero-order valence-corrected chi connectivity index (χ0v) is 24.3. The van der Waals surface area contributed by atoms with E-state index in [1.165, 1.54) is 46.4 Å². The first kappa shape index (κ1) is 27.8. The SMILES string of the molecule is CC(C)N1CCN(c2ccc(/C(=C(/CCCO)C3=CCC=CC=C3)c3ccc(NSC4CC4)cc3)cc2)CC1. The molecule has 2 aliphatic carbocycles. The Labute approximate surface area is 239 Å². The number of nitrogens with one attached hydrogen (secondary N) is 1. The van der Waals surface area contributed by atoms with E-state index >= 15 is 0 Å². The lowest BCUT2D eigenvalue weighted by molar-refractivity contribution is 0.209. The van der Waals surface area contributed by atoms with Gasteiger partial charge in [-0.3, -0.25) is 4.90 Å². The van der Waals surface area contributed by atoms with Crippen molar-refractivity contribution in [3.63, 3.8) is 0 Å². The standard InChI is InChI=1S/C34H43N3OS/c1-26(2)36-21-23-37(24-22-36)31-17-13-29(14-18-31)34(28-11-15-30(16-12-28)35-39-32-19-20-32)33(10-7-25-38)27-8-5-3-4-6-9-27/h3-5,8-9,11-18,26,32,35,38H,6-7,10,19-25H2,1-2H3/b34-33-. The molecule has 2 aromatic carbocycles. The van der Waals surface area contributed by atoms with Crippen LogP contribution >= 0.6 is 11.9 Å². The molecule has 1 saturated carbocycles. The van der Waals surface area contributed by atoms with Crippen LogP contribution in [0, 0.1) is 0 Å². The number of hydrogen-bond donors (Lipinski definition) is 2. The van der Waals surface area contributed by atoms with Crippen LogP contribution in [0.4, 0.5) is 11.4 Å². The van der Waals surface area contributed by atoms with Crippen LogP contribution in [0.1, 0.15) is 57.1 Å². The molecule has 4 nitrogen and oxygen atoms in total. The summed E-state index contributed by atoms with van der Waals surface area (Å²) in [7, 11) is 0. The van der Waals surface area contributed by atoms with Crippen molar-refractivity contribution in [2.75, 3.05) is 42.4 Å². The quantitative estimate of drug-likeness (QED) is 0.289. The molecule has 2 N–H and O–H groups in total. The Hall–Kier alpha value is -2.73. The van der Waals surface area contributed by atoms with Crippen LogP contribution in [0.3, 0.4) is 0 Å². The maximum atomic E-state index is 9.78. The first-order valence-corrected chi connectivity index (χ1v) is 15.5. The normalized spacial score (nSPS) is 18.7. The largest absolute Gasteiger partial charge is 0.396 e. The van der Waals surface area contributed by atoms with Gasteiger partial charge in [0.25, 0.3) is 0 Å². The third-order valence-electron chi connectivity index (χ3n) is 7.84. The fraction of sp³-hybridized carbons (Fsp3) is 0.412. The lowest BCUT2D eigenvalue weighted by Crippen LogP contribution is -2.48. The van der Waals surface area contributed by atoms with E-state index in [-0.39, 0.29) is 6.61 Å². The van der Waals surface area contributed by atoms with Gasteiger partial charge in [0.2, 0.25) is 0 Å². The second kappa shape index (κ2) is 13.6. The van der Waals surface area contributed by atoms with E-state index in [2.05, 4.69) is 107 Å². The van der Waals surface area contributed by atoms with E-state index in [9.17, 15) is 5.11 Å². The average molecular weight is 542 g/mol. The van der Waals surface area contributed by atoms with Crippen LogP contribution < -0.4 is 9.62 Å². The van der Waals surface area contributed by atoms with Crippen LogP contribution in [-0.4, -0.2) is 54.1 Å². The number of benzene rings is 2. The fourth-order valence-electron chi connectivity index (χ4n) is 5.37. The summed E-state index contributed by atoms with van der Waals surface area (Å²) in [5.41, 5.74) is 8.72. The highest BCUT2D eigenvalue weighted by atomic mass is 32.2. The maximum absolute atomic E-state index is 9.78. The highest BCUT2D eigenvalue weighted by Gasteiger charge is 2.22. The van der Waals surface area contributed by atoms with E-state index in [1.807, 2.05) is 11.9 Å². The molecule has 1 saturated heterocycles. The third kappa shape index (κ3) is 7.47. The molecule has 1 heterocycles. The lowest BCUT2D eigenvalue weighted by Gasteiger charge is -2.38. The van der Waals surface area contributed by atoms with Crippen molar-refractivity contribution in [3.05, 3.63) is 101 Å². The summed E-state index contributed by atoms with van der Waals surface area (Å²) in [5.74, 6) is 0. The van der Waals surface area contributed by atoms with E-state index in [0.717, 1.165) is 56.4 Å². The number of nitrogens with zero attached hydrogens (tertiary/aromatic N) is 2. The number of anilines is 2. The minimum atomic E-state index is 0.189. The van der Waals surface area contributed by atoms with Crippen LogP contribution in [0.5, 0.6) is 0 Å². The zero-order valence-electron chi connectivity index (χ0n) is 23.5. The molecule has 2 fully saturated rings. The Bertz CT molecular complexity index is 1200. The molecule has 206 valence electrons. The third-order valence-corrected chi connectivity index (χ3v) is 9.00. The molecule has 0 amide bonds. The second-order valence-corrected chi connectivity index (χ2v) is 12.1. The molecule has 0 aromatic heterocycles. The number of allylic oxidation sites excluding steroid dienone is 7.